The summed E-state index contributed by atoms with van der Waals surface area (Å²) in [6.07, 6.45) is -1.12. The van der Waals surface area contributed by atoms with Crippen molar-refractivity contribution >= 4 is 23.3 Å². The first-order valence-electron chi connectivity index (χ1n) is 6.30. The van der Waals surface area contributed by atoms with E-state index in [0.717, 1.165) is 0 Å². The highest BCUT2D eigenvalue weighted by molar-refractivity contribution is 6.33. The van der Waals surface area contributed by atoms with E-state index in [1.165, 1.54) is 18.2 Å². The maximum atomic E-state index is 13.5. The van der Waals surface area contributed by atoms with Crippen LogP contribution in [-0.4, -0.2) is 17.7 Å². The first-order chi connectivity index (χ1) is 10.1. The summed E-state index contributed by atoms with van der Waals surface area (Å²) in [4.78, 5) is 11.7. The standard InChI is InChI=1S/C15H14ClFN2O2/c16-11-6-2-4-8-13(11)19-15(21)18-9-14(20)10-5-1-3-7-12(10)17/h1-8,14,20H,9H2,(H2,18,19,21)/t14-/m0/s1. The molecule has 1 atom stereocenters. The van der Waals surface area contributed by atoms with Gasteiger partial charge in [0.1, 0.15) is 5.82 Å². The van der Waals surface area contributed by atoms with Crippen molar-refractivity contribution in [1.82, 2.24) is 5.32 Å². The lowest BCUT2D eigenvalue weighted by atomic mass is 10.1. The number of halogens is 2. The van der Waals surface area contributed by atoms with Gasteiger partial charge >= 0.3 is 6.03 Å². The van der Waals surface area contributed by atoms with Gasteiger partial charge in [-0.2, -0.15) is 0 Å². The molecule has 0 unspecified atom stereocenters. The number of urea groups is 1. The van der Waals surface area contributed by atoms with Crippen molar-refractivity contribution in [3.63, 3.8) is 0 Å². The zero-order valence-electron chi connectivity index (χ0n) is 11.0. The highest BCUT2D eigenvalue weighted by Gasteiger charge is 2.13. The van der Waals surface area contributed by atoms with Crippen molar-refractivity contribution in [2.75, 3.05) is 11.9 Å². The maximum Gasteiger partial charge on any atom is 0.319 e. The van der Waals surface area contributed by atoms with Gasteiger partial charge < -0.3 is 15.7 Å². The molecule has 2 aromatic rings. The lowest BCUT2D eigenvalue weighted by molar-refractivity contribution is 0.170. The van der Waals surface area contributed by atoms with Gasteiger partial charge in [-0.15, -0.1) is 0 Å². The van der Waals surface area contributed by atoms with Crippen molar-refractivity contribution in [2.24, 2.45) is 0 Å². The van der Waals surface area contributed by atoms with Crippen molar-refractivity contribution in [3.05, 3.63) is 64.9 Å². The minimum atomic E-state index is -1.12. The number of amides is 2. The van der Waals surface area contributed by atoms with Gasteiger partial charge in [-0.3, -0.25) is 0 Å². The topological polar surface area (TPSA) is 61.4 Å². The molecular weight excluding hydrogens is 295 g/mol. The zero-order valence-corrected chi connectivity index (χ0v) is 11.8. The van der Waals surface area contributed by atoms with Crippen LogP contribution in [-0.2, 0) is 0 Å². The number of hydrogen-bond donors (Lipinski definition) is 3. The normalized spacial score (nSPS) is 11.8. The van der Waals surface area contributed by atoms with Crippen LogP contribution in [0.15, 0.2) is 48.5 Å². The Morgan fingerprint density at radius 3 is 2.57 bits per heavy atom. The first-order valence-corrected chi connectivity index (χ1v) is 6.67. The molecule has 2 aromatic carbocycles. The van der Waals surface area contributed by atoms with Crippen LogP contribution in [0, 0.1) is 5.82 Å². The second kappa shape index (κ2) is 7.06. The van der Waals surface area contributed by atoms with Crippen molar-refractivity contribution in [2.45, 2.75) is 6.10 Å². The van der Waals surface area contributed by atoms with E-state index in [0.29, 0.717) is 10.7 Å². The SMILES string of the molecule is O=C(NC[C@H](O)c1ccccc1F)Nc1ccccc1Cl. The molecular formula is C15H14ClFN2O2. The Kier molecular flexibility index (Phi) is 5.14. The summed E-state index contributed by atoms with van der Waals surface area (Å²) in [5.41, 5.74) is 0.590. The number of benzene rings is 2. The molecule has 0 fully saturated rings. The Labute approximate surface area is 126 Å². The van der Waals surface area contributed by atoms with Crippen LogP contribution in [0.1, 0.15) is 11.7 Å². The molecule has 0 radical (unpaired) electrons. The molecule has 0 aromatic heterocycles. The van der Waals surface area contributed by atoms with Crippen LogP contribution >= 0.6 is 11.6 Å². The average molecular weight is 309 g/mol. The Bertz CT molecular complexity index is 637. The minimum absolute atomic E-state index is 0.114. The number of aliphatic hydroxyl groups is 1. The van der Waals surface area contributed by atoms with Gasteiger partial charge in [0.25, 0.3) is 0 Å². The Balaban J connectivity index is 1.90. The second-order valence-electron chi connectivity index (χ2n) is 4.35. The summed E-state index contributed by atoms with van der Waals surface area (Å²) in [5, 5.41) is 15.3. The van der Waals surface area contributed by atoms with E-state index in [1.807, 2.05) is 0 Å². The molecule has 0 heterocycles. The lowest BCUT2D eigenvalue weighted by Crippen LogP contribution is -2.32. The quantitative estimate of drug-likeness (QED) is 0.811. The fourth-order valence-electron chi connectivity index (χ4n) is 1.77. The van der Waals surface area contributed by atoms with Gasteiger partial charge in [0.05, 0.1) is 16.8 Å². The Morgan fingerprint density at radius 1 is 1.19 bits per heavy atom. The zero-order chi connectivity index (χ0) is 15.2. The van der Waals surface area contributed by atoms with Crippen LogP contribution in [0.25, 0.3) is 0 Å². The molecule has 0 aliphatic carbocycles. The van der Waals surface area contributed by atoms with E-state index in [2.05, 4.69) is 10.6 Å². The summed E-state index contributed by atoms with van der Waals surface area (Å²) < 4.78 is 13.5. The van der Waals surface area contributed by atoms with Crippen LogP contribution in [0.2, 0.25) is 5.02 Å². The number of hydrogen-bond acceptors (Lipinski definition) is 2. The molecule has 110 valence electrons. The van der Waals surface area contributed by atoms with Gasteiger partial charge in [-0.25, -0.2) is 9.18 Å². The number of rotatable bonds is 4. The number of anilines is 1. The van der Waals surface area contributed by atoms with E-state index >= 15 is 0 Å². The van der Waals surface area contributed by atoms with Crippen LogP contribution in [0.3, 0.4) is 0 Å². The molecule has 4 nitrogen and oxygen atoms in total. The van der Waals surface area contributed by atoms with Gasteiger partial charge in [0, 0.05) is 12.1 Å². The average Bonchev–Trinajstić information content (AvgIpc) is 2.48. The third-order valence-electron chi connectivity index (χ3n) is 2.84. The van der Waals surface area contributed by atoms with Gasteiger partial charge in [0.2, 0.25) is 0 Å². The van der Waals surface area contributed by atoms with Crippen molar-refractivity contribution < 1.29 is 14.3 Å². The number of carbonyl (C=O) groups is 1. The molecule has 21 heavy (non-hydrogen) atoms. The summed E-state index contributed by atoms with van der Waals surface area (Å²) in [7, 11) is 0. The van der Waals surface area contributed by atoms with Crippen molar-refractivity contribution in [1.29, 1.82) is 0 Å². The number of carbonyl (C=O) groups excluding carboxylic acids is 1. The monoisotopic (exact) mass is 308 g/mol. The number of para-hydroxylation sites is 1. The predicted molar refractivity (Wildman–Crippen MR) is 79.8 cm³/mol. The summed E-state index contributed by atoms with van der Waals surface area (Å²) in [6.45, 7) is -0.114. The van der Waals surface area contributed by atoms with E-state index in [1.54, 1.807) is 30.3 Å². The predicted octanol–water partition coefficient (Wildman–Crippen LogP) is 3.33. The lowest BCUT2D eigenvalue weighted by Gasteiger charge is -2.14. The van der Waals surface area contributed by atoms with Gasteiger partial charge in [-0.1, -0.05) is 41.9 Å². The molecule has 0 aliphatic rings. The third-order valence-corrected chi connectivity index (χ3v) is 3.17. The highest BCUT2D eigenvalue weighted by Crippen LogP contribution is 2.20. The molecule has 0 spiro atoms. The van der Waals surface area contributed by atoms with Gasteiger partial charge in [-0.05, 0) is 18.2 Å². The Morgan fingerprint density at radius 2 is 1.86 bits per heavy atom. The summed E-state index contributed by atoms with van der Waals surface area (Å²) in [5.74, 6) is -0.515. The highest BCUT2D eigenvalue weighted by atomic mass is 35.5. The first kappa shape index (κ1) is 15.3. The van der Waals surface area contributed by atoms with Gasteiger partial charge in [0.15, 0.2) is 0 Å². The molecule has 0 bridgehead atoms. The molecule has 6 heteroatoms. The Hall–Kier alpha value is -2.11. The number of aliphatic hydroxyl groups excluding tert-OH is 1. The molecule has 2 amide bonds. The van der Waals surface area contributed by atoms with E-state index in [4.69, 9.17) is 11.6 Å². The van der Waals surface area contributed by atoms with Crippen LogP contribution in [0.5, 0.6) is 0 Å². The minimum Gasteiger partial charge on any atom is -0.386 e. The van der Waals surface area contributed by atoms with E-state index in [9.17, 15) is 14.3 Å². The van der Waals surface area contributed by atoms with E-state index in [-0.39, 0.29) is 12.1 Å². The molecule has 0 saturated carbocycles. The van der Waals surface area contributed by atoms with Crippen LogP contribution < -0.4 is 10.6 Å². The fraction of sp³-hybridized carbons (Fsp3) is 0.133. The summed E-state index contributed by atoms with van der Waals surface area (Å²) >= 11 is 5.91. The van der Waals surface area contributed by atoms with E-state index < -0.39 is 18.0 Å². The van der Waals surface area contributed by atoms with Crippen LogP contribution in [0.4, 0.5) is 14.9 Å². The largest absolute Gasteiger partial charge is 0.386 e. The second-order valence-corrected chi connectivity index (χ2v) is 4.76. The fourth-order valence-corrected chi connectivity index (χ4v) is 1.96. The number of nitrogens with one attached hydrogen (secondary N) is 2. The molecule has 0 saturated heterocycles. The summed E-state index contributed by atoms with van der Waals surface area (Å²) in [6, 6.07) is 12.1. The molecule has 3 N–H and O–H groups in total. The third kappa shape index (κ3) is 4.18. The molecule has 2 rings (SSSR count). The maximum absolute atomic E-state index is 13.5. The molecule has 0 aliphatic heterocycles. The smallest absolute Gasteiger partial charge is 0.319 e. The van der Waals surface area contributed by atoms with Crippen molar-refractivity contribution in [3.8, 4) is 0 Å².